The molecule has 0 saturated heterocycles. The molecule has 0 saturated carbocycles. The number of para-hydroxylation sites is 1. The van der Waals surface area contributed by atoms with Crippen LogP contribution >= 0.6 is 11.6 Å². The zero-order chi connectivity index (χ0) is 11.4. The molecule has 1 aromatic carbocycles. The van der Waals surface area contributed by atoms with Crippen molar-refractivity contribution in [2.24, 2.45) is 5.73 Å². The average molecular weight is 235 g/mol. The van der Waals surface area contributed by atoms with Crippen LogP contribution < -0.4 is 10.5 Å². The lowest BCUT2D eigenvalue weighted by atomic mass is 10.3. The normalized spacial score (nSPS) is 10.1. The van der Waals surface area contributed by atoms with E-state index >= 15 is 0 Å². The third kappa shape index (κ3) is 2.51. The topological polar surface area (TPSA) is 48.1 Å². The van der Waals surface area contributed by atoms with E-state index in [-0.39, 0.29) is 0 Å². The van der Waals surface area contributed by atoms with Crippen molar-refractivity contribution in [2.75, 3.05) is 0 Å². The fourth-order valence-corrected chi connectivity index (χ4v) is 1.44. The molecule has 2 aromatic rings. The smallest absolute Gasteiger partial charge is 0.219 e. The number of hydrogen-bond donors (Lipinski definition) is 1. The minimum absolute atomic E-state index is 0.389. The first-order chi connectivity index (χ1) is 7.79. The minimum Gasteiger partial charge on any atom is -0.437 e. The maximum Gasteiger partial charge on any atom is 0.219 e. The van der Waals surface area contributed by atoms with Gasteiger partial charge in [0.1, 0.15) is 5.75 Å². The van der Waals surface area contributed by atoms with Gasteiger partial charge in [-0.2, -0.15) is 0 Å². The number of hydrogen-bond acceptors (Lipinski definition) is 3. The van der Waals surface area contributed by atoms with Gasteiger partial charge in [-0.1, -0.05) is 29.8 Å². The first-order valence-electron chi connectivity index (χ1n) is 4.88. The van der Waals surface area contributed by atoms with Crippen LogP contribution in [0.4, 0.5) is 0 Å². The zero-order valence-corrected chi connectivity index (χ0v) is 9.32. The van der Waals surface area contributed by atoms with Gasteiger partial charge in [0.15, 0.2) is 0 Å². The summed E-state index contributed by atoms with van der Waals surface area (Å²) in [7, 11) is 0. The van der Waals surface area contributed by atoms with Crippen molar-refractivity contribution in [1.29, 1.82) is 0 Å². The van der Waals surface area contributed by atoms with Gasteiger partial charge in [0.25, 0.3) is 0 Å². The molecule has 4 heteroatoms. The highest BCUT2D eigenvalue weighted by atomic mass is 35.5. The van der Waals surface area contributed by atoms with E-state index in [0.717, 1.165) is 5.69 Å². The molecular formula is C12H11ClN2O. The Kier molecular flexibility index (Phi) is 3.39. The van der Waals surface area contributed by atoms with E-state index in [4.69, 9.17) is 22.1 Å². The molecule has 0 aliphatic heterocycles. The van der Waals surface area contributed by atoms with Crippen LogP contribution in [0.1, 0.15) is 5.69 Å². The molecule has 0 bridgehead atoms. The SMILES string of the molecule is NCc1cccc(Oc2ccccc2Cl)n1. The fraction of sp³-hybridized carbons (Fsp3) is 0.0833. The van der Waals surface area contributed by atoms with E-state index < -0.39 is 0 Å². The molecule has 0 amide bonds. The molecule has 3 nitrogen and oxygen atoms in total. The molecule has 1 aromatic heterocycles. The molecule has 0 unspecified atom stereocenters. The average Bonchev–Trinajstić information content (AvgIpc) is 2.32. The Morgan fingerprint density at radius 1 is 1.12 bits per heavy atom. The molecule has 0 atom stereocenters. The first kappa shape index (κ1) is 10.9. The number of ether oxygens (including phenoxy) is 1. The van der Waals surface area contributed by atoms with Crippen molar-refractivity contribution >= 4 is 11.6 Å². The molecule has 0 aliphatic carbocycles. The van der Waals surface area contributed by atoms with Crippen LogP contribution in [-0.4, -0.2) is 4.98 Å². The quantitative estimate of drug-likeness (QED) is 0.888. The number of halogens is 1. The Bertz CT molecular complexity index is 488. The molecule has 0 radical (unpaired) electrons. The van der Waals surface area contributed by atoms with Crippen LogP contribution in [0.3, 0.4) is 0 Å². The summed E-state index contributed by atoms with van der Waals surface area (Å²) in [4.78, 5) is 4.22. The lowest BCUT2D eigenvalue weighted by Crippen LogP contribution is -2.00. The summed E-state index contributed by atoms with van der Waals surface area (Å²) >= 11 is 5.97. The number of pyridine rings is 1. The van der Waals surface area contributed by atoms with E-state index in [1.54, 1.807) is 18.2 Å². The summed E-state index contributed by atoms with van der Waals surface area (Å²) in [6.45, 7) is 0.389. The number of aromatic nitrogens is 1. The standard InChI is InChI=1S/C12H11ClN2O/c13-10-5-1-2-6-11(10)16-12-7-3-4-9(8-14)15-12/h1-7H,8,14H2. The summed E-state index contributed by atoms with van der Waals surface area (Å²) < 4.78 is 5.55. The monoisotopic (exact) mass is 234 g/mol. The lowest BCUT2D eigenvalue weighted by Gasteiger charge is -2.06. The van der Waals surface area contributed by atoms with Crippen LogP contribution in [0.15, 0.2) is 42.5 Å². The number of rotatable bonds is 3. The van der Waals surface area contributed by atoms with Gasteiger partial charge < -0.3 is 10.5 Å². The summed E-state index contributed by atoms with van der Waals surface area (Å²) in [6, 6.07) is 12.7. The van der Waals surface area contributed by atoms with Gasteiger partial charge in [0.05, 0.1) is 10.7 Å². The molecule has 1 heterocycles. The zero-order valence-electron chi connectivity index (χ0n) is 8.56. The van der Waals surface area contributed by atoms with Crippen LogP contribution in [0, 0.1) is 0 Å². The van der Waals surface area contributed by atoms with Crippen LogP contribution in [-0.2, 0) is 6.54 Å². The molecule has 0 fully saturated rings. The largest absolute Gasteiger partial charge is 0.437 e. The van der Waals surface area contributed by atoms with E-state index in [0.29, 0.717) is 23.2 Å². The molecule has 82 valence electrons. The van der Waals surface area contributed by atoms with Crippen molar-refractivity contribution in [2.45, 2.75) is 6.54 Å². The Hall–Kier alpha value is -1.58. The second-order valence-corrected chi connectivity index (χ2v) is 3.61. The second kappa shape index (κ2) is 4.96. The Labute approximate surface area is 98.8 Å². The molecule has 2 N–H and O–H groups in total. The molecule has 0 aliphatic rings. The number of nitrogens with zero attached hydrogens (tertiary/aromatic N) is 1. The highest BCUT2D eigenvalue weighted by Crippen LogP contribution is 2.27. The minimum atomic E-state index is 0.389. The van der Waals surface area contributed by atoms with E-state index in [2.05, 4.69) is 4.98 Å². The highest BCUT2D eigenvalue weighted by Gasteiger charge is 2.03. The Morgan fingerprint density at radius 3 is 2.69 bits per heavy atom. The molecule has 2 rings (SSSR count). The molecule has 16 heavy (non-hydrogen) atoms. The van der Waals surface area contributed by atoms with E-state index in [1.165, 1.54) is 0 Å². The maximum absolute atomic E-state index is 5.97. The summed E-state index contributed by atoms with van der Waals surface area (Å²) in [5, 5.41) is 0.558. The van der Waals surface area contributed by atoms with Crippen LogP contribution in [0.5, 0.6) is 11.6 Å². The predicted molar refractivity (Wildman–Crippen MR) is 63.7 cm³/mol. The predicted octanol–water partition coefficient (Wildman–Crippen LogP) is 2.99. The van der Waals surface area contributed by atoms with E-state index in [9.17, 15) is 0 Å². The van der Waals surface area contributed by atoms with Gasteiger partial charge in [-0.15, -0.1) is 0 Å². The van der Waals surface area contributed by atoms with Gasteiger partial charge in [0.2, 0.25) is 5.88 Å². The first-order valence-corrected chi connectivity index (χ1v) is 5.26. The summed E-state index contributed by atoms with van der Waals surface area (Å²) in [6.07, 6.45) is 0. The highest BCUT2D eigenvalue weighted by molar-refractivity contribution is 6.32. The van der Waals surface area contributed by atoms with Crippen LogP contribution in [0.2, 0.25) is 5.02 Å². The van der Waals surface area contributed by atoms with Crippen molar-refractivity contribution in [1.82, 2.24) is 4.98 Å². The third-order valence-corrected chi connectivity index (χ3v) is 2.35. The number of benzene rings is 1. The third-order valence-electron chi connectivity index (χ3n) is 2.04. The maximum atomic E-state index is 5.97. The molecular weight excluding hydrogens is 224 g/mol. The van der Waals surface area contributed by atoms with Gasteiger partial charge in [-0.25, -0.2) is 4.98 Å². The summed E-state index contributed by atoms with van der Waals surface area (Å²) in [5.41, 5.74) is 6.28. The van der Waals surface area contributed by atoms with Crippen molar-refractivity contribution in [3.05, 3.63) is 53.2 Å². The number of nitrogens with two attached hydrogens (primary N) is 1. The van der Waals surface area contributed by atoms with Crippen molar-refractivity contribution in [3.63, 3.8) is 0 Å². The fourth-order valence-electron chi connectivity index (χ4n) is 1.27. The van der Waals surface area contributed by atoms with Crippen LogP contribution in [0.25, 0.3) is 0 Å². The van der Waals surface area contributed by atoms with Gasteiger partial charge in [-0.3, -0.25) is 0 Å². The van der Waals surface area contributed by atoms with E-state index in [1.807, 2.05) is 24.3 Å². The summed E-state index contributed by atoms with van der Waals surface area (Å²) in [5.74, 6) is 1.09. The van der Waals surface area contributed by atoms with Crippen molar-refractivity contribution < 1.29 is 4.74 Å². The molecule has 0 spiro atoms. The second-order valence-electron chi connectivity index (χ2n) is 3.20. The van der Waals surface area contributed by atoms with Gasteiger partial charge >= 0.3 is 0 Å². The Balaban J connectivity index is 2.24. The van der Waals surface area contributed by atoms with Gasteiger partial charge in [0, 0.05) is 12.6 Å². The van der Waals surface area contributed by atoms with Gasteiger partial charge in [-0.05, 0) is 18.2 Å². The Morgan fingerprint density at radius 2 is 1.94 bits per heavy atom. The lowest BCUT2D eigenvalue weighted by molar-refractivity contribution is 0.461. The van der Waals surface area contributed by atoms with Crippen molar-refractivity contribution in [3.8, 4) is 11.6 Å².